The second kappa shape index (κ2) is 10.4. The molecule has 2 heterocycles. The number of hydrogen-bond donors (Lipinski definition) is 2. The number of aromatic amines is 1. The SMILES string of the molecule is CCc1nc([C@H]2CC[C@@H](C(C)(C)C)CC2)n2nc(-c3ccc(NCC4CCCCC4)cc3)[nH]c(=O)c12. The first-order valence-electron chi connectivity index (χ1n) is 14.2. The summed E-state index contributed by atoms with van der Waals surface area (Å²) in [6.45, 7) is 10.2. The smallest absolute Gasteiger partial charge is 0.277 e. The fraction of sp³-hybridized carbons (Fsp3) is 0.633. The Morgan fingerprint density at radius 2 is 1.69 bits per heavy atom. The van der Waals surface area contributed by atoms with Crippen LogP contribution in [0.25, 0.3) is 16.9 Å². The average molecular weight is 490 g/mol. The van der Waals surface area contributed by atoms with Crippen molar-refractivity contribution in [1.29, 1.82) is 0 Å². The molecule has 2 fully saturated rings. The van der Waals surface area contributed by atoms with Crippen LogP contribution >= 0.6 is 0 Å². The second-order valence-electron chi connectivity index (χ2n) is 12.2. The molecule has 0 unspecified atom stereocenters. The van der Waals surface area contributed by atoms with Crippen LogP contribution in [0.15, 0.2) is 29.1 Å². The lowest BCUT2D eigenvalue weighted by Gasteiger charge is -2.36. The summed E-state index contributed by atoms with van der Waals surface area (Å²) in [4.78, 5) is 21.2. The Hall–Kier alpha value is -2.63. The molecule has 5 rings (SSSR count). The minimum absolute atomic E-state index is 0.0986. The average Bonchev–Trinajstić information content (AvgIpc) is 3.27. The highest BCUT2D eigenvalue weighted by molar-refractivity contribution is 5.61. The van der Waals surface area contributed by atoms with E-state index >= 15 is 0 Å². The molecule has 0 aliphatic heterocycles. The molecule has 36 heavy (non-hydrogen) atoms. The lowest BCUT2D eigenvalue weighted by Crippen LogP contribution is -2.26. The number of benzene rings is 1. The zero-order chi connectivity index (χ0) is 25.3. The number of H-pyrrole nitrogens is 1. The van der Waals surface area contributed by atoms with E-state index in [9.17, 15) is 4.79 Å². The van der Waals surface area contributed by atoms with Gasteiger partial charge in [0.2, 0.25) is 0 Å². The van der Waals surface area contributed by atoms with Crippen molar-refractivity contribution >= 4 is 11.2 Å². The van der Waals surface area contributed by atoms with Gasteiger partial charge in [0.15, 0.2) is 11.3 Å². The normalized spacial score (nSPS) is 21.7. The molecule has 6 heteroatoms. The first-order chi connectivity index (χ1) is 17.3. The molecule has 2 saturated carbocycles. The maximum Gasteiger partial charge on any atom is 0.277 e. The number of imidazole rings is 1. The van der Waals surface area contributed by atoms with E-state index in [2.05, 4.69) is 62.3 Å². The lowest BCUT2D eigenvalue weighted by molar-refractivity contribution is 0.167. The molecule has 2 N–H and O–H groups in total. The number of aromatic nitrogens is 4. The van der Waals surface area contributed by atoms with Crippen LogP contribution < -0.4 is 10.9 Å². The molecule has 0 amide bonds. The lowest BCUT2D eigenvalue weighted by atomic mass is 9.70. The number of aryl methyl sites for hydroxylation is 1. The van der Waals surface area contributed by atoms with Crippen LogP contribution in [0.5, 0.6) is 0 Å². The van der Waals surface area contributed by atoms with Crippen LogP contribution in [0.2, 0.25) is 0 Å². The predicted octanol–water partition coefficient (Wildman–Crippen LogP) is 6.96. The predicted molar refractivity (Wildman–Crippen MR) is 148 cm³/mol. The summed E-state index contributed by atoms with van der Waals surface area (Å²) in [5.74, 6) is 3.45. The number of anilines is 1. The molecule has 2 aliphatic rings. The third kappa shape index (κ3) is 5.23. The van der Waals surface area contributed by atoms with Crippen LogP contribution in [0.4, 0.5) is 5.69 Å². The van der Waals surface area contributed by atoms with Crippen molar-refractivity contribution in [3.05, 3.63) is 46.1 Å². The van der Waals surface area contributed by atoms with Gasteiger partial charge in [-0.1, -0.05) is 47.0 Å². The van der Waals surface area contributed by atoms with Gasteiger partial charge >= 0.3 is 0 Å². The van der Waals surface area contributed by atoms with E-state index in [0.29, 0.717) is 22.7 Å². The van der Waals surface area contributed by atoms with Gasteiger partial charge in [0.25, 0.3) is 5.56 Å². The van der Waals surface area contributed by atoms with Gasteiger partial charge in [0, 0.05) is 23.7 Å². The Kier molecular flexibility index (Phi) is 7.23. The van der Waals surface area contributed by atoms with E-state index in [1.165, 1.54) is 44.9 Å². The van der Waals surface area contributed by atoms with E-state index in [1.54, 1.807) is 0 Å². The van der Waals surface area contributed by atoms with Crippen molar-refractivity contribution in [2.45, 2.75) is 97.8 Å². The molecule has 1 aromatic carbocycles. The summed E-state index contributed by atoms with van der Waals surface area (Å²) < 4.78 is 1.87. The number of hydrogen-bond acceptors (Lipinski definition) is 4. The minimum Gasteiger partial charge on any atom is -0.385 e. The van der Waals surface area contributed by atoms with Crippen LogP contribution in [0.3, 0.4) is 0 Å². The zero-order valence-electron chi connectivity index (χ0n) is 22.6. The molecule has 0 saturated heterocycles. The molecule has 0 atom stereocenters. The van der Waals surface area contributed by atoms with Crippen LogP contribution in [-0.2, 0) is 6.42 Å². The summed E-state index contributed by atoms with van der Waals surface area (Å²) in [5.41, 5.74) is 3.75. The molecule has 0 spiro atoms. The van der Waals surface area contributed by atoms with Gasteiger partial charge in [-0.3, -0.25) is 4.79 Å². The third-order valence-electron chi connectivity index (χ3n) is 8.73. The quantitative estimate of drug-likeness (QED) is 0.392. The Morgan fingerprint density at radius 3 is 2.33 bits per heavy atom. The number of fused-ring (bicyclic) bond motifs is 1. The van der Waals surface area contributed by atoms with Gasteiger partial charge in [-0.15, -0.1) is 5.10 Å². The molecule has 2 aromatic heterocycles. The second-order valence-corrected chi connectivity index (χ2v) is 12.2. The molecule has 2 aliphatic carbocycles. The summed E-state index contributed by atoms with van der Waals surface area (Å²) >= 11 is 0. The fourth-order valence-electron chi connectivity index (χ4n) is 6.35. The van der Waals surface area contributed by atoms with Crippen molar-refractivity contribution in [1.82, 2.24) is 19.6 Å². The molecule has 0 radical (unpaired) electrons. The minimum atomic E-state index is -0.0986. The Morgan fingerprint density at radius 1 is 1.00 bits per heavy atom. The monoisotopic (exact) mass is 489 g/mol. The first kappa shape index (κ1) is 25.0. The Labute approximate surface area is 215 Å². The zero-order valence-corrected chi connectivity index (χ0v) is 22.6. The Balaban J connectivity index is 1.38. The molecule has 0 bridgehead atoms. The number of rotatable bonds is 6. The van der Waals surface area contributed by atoms with Crippen molar-refractivity contribution in [3.63, 3.8) is 0 Å². The summed E-state index contributed by atoms with van der Waals surface area (Å²) in [6, 6.07) is 8.31. The van der Waals surface area contributed by atoms with Crippen molar-refractivity contribution in [3.8, 4) is 11.4 Å². The van der Waals surface area contributed by atoms with Gasteiger partial charge in [0.1, 0.15) is 5.82 Å². The van der Waals surface area contributed by atoms with E-state index in [0.717, 1.165) is 60.4 Å². The van der Waals surface area contributed by atoms with Crippen molar-refractivity contribution in [2.24, 2.45) is 17.3 Å². The van der Waals surface area contributed by atoms with E-state index in [1.807, 2.05) is 4.52 Å². The summed E-state index contributed by atoms with van der Waals surface area (Å²) in [7, 11) is 0. The highest BCUT2D eigenvalue weighted by Gasteiger charge is 2.32. The molecular weight excluding hydrogens is 446 g/mol. The van der Waals surface area contributed by atoms with Crippen LogP contribution in [-0.4, -0.2) is 26.1 Å². The van der Waals surface area contributed by atoms with Crippen LogP contribution in [0.1, 0.15) is 103 Å². The van der Waals surface area contributed by atoms with Gasteiger partial charge in [0.05, 0.1) is 5.69 Å². The summed E-state index contributed by atoms with van der Waals surface area (Å²) in [5, 5.41) is 8.55. The maximum atomic E-state index is 13.2. The standard InChI is InChI=1S/C30H43N5O/c1-5-25-26-29(36)33-27(21-13-17-24(18-14-21)31-19-20-9-7-6-8-10-20)34-35(26)28(32-25)22-11-15-23(16-12-22)30(2,3)4/h13-14,17-18,20,22-23,31H,5-12,15-16,19H2,1-4H3,(H,33,34,36)/t22-,23+. The third-order valence-corrected chi connectivity index (χ3v) is 8.73. The van der Waals surface area contributed by atoms with Gasteiger partial charge < -0.3 is 10.3 Å². The fourth-order valence-corrected chi connectivity index (χ4v) is 6.35. The number of nitrogens with zero attached hydrogens (tertiary/aromatic N) is 3. The van der Waals surface area contributed by atoms with Crippen molar-refractivity contribution < 1.29 is 0 Å². The molecular formula is C30H43N5O. The molecule has 6 nitrogen and oxygen atoms in total. The van der Waals surface area contributed by atoms with E-state index in [-0.39, 0.29) is 5.56 Å². The van der Waals surface area contributed by atoms with E-state index < -0.39 is 0 Å². The van der Waals surface area contributed by atoms with Gasteiger partial charge in [-0.25, -0.2) is 9.50 Å². The topological polar surface area (TPSA) is 75.1 Å². The maximum absolute atomic E-state index is 13.2. The summed E-state index contributed by atoms with van der Waals surface area (Å²) in [6.07, 6.45) is 12.1. The van der Waals surface area contributed by atoms with E-state index in [4.69, 9.17) is 10.1 Å². The first-order valence-corrected chi connectivity index (χ1v) is 14.2. The largest absolute Gasteiger partial charge is 0.385 e. The number of nitrogens with one attached hydrogen (secondary N) is 2. The molecule has 194 valence electrons. The van der Waals surface area contributed by atoms with Gasteiger partial charge in [-0.2, -0.15) is 0 Å². The van der Waals surface area contributed by atoms with Crippen LogP contribution in [0, 0.1) is 17.3 Å². The molecule has 3 aromatic rings. The Bertz CT molecular complexity index is 1220. The highest BCUT2D eigenvalue weighted by atomic mass is 16.1. The van der Waals surface area contributed by atoms with Gasteiger partial charge in [-0.05, 0) is 86.5 Å². The highest BCUT2D eigenvalue weighted by Crippen LogP contribution is 2.43. The van der Waals surface area contributed by atoms with Crippen molar-refractivity contribution in [2.75, 3.05) is 11.9 Å².